The molecule has 6 heteroatoms. The van der Waals surface area contributed by atoms with Crippen LogP contribution in [0.5, 0.6) is 0 Å². The van der Waals surface area contributed by atoms with Crippen molar-refractivity contribution in [2.45, 2.75) is 5.92 Å². The molecular weight excluding hydrogens is 338 g/mol. The Hall–Kier alpha value is -1.04. The molecule has 2 rings (SSSR count). The van der Waals surface area contributed by atoms with Gasteiger partial charge in [0.15, 0.2) is 0 Å². The van der Waals surface area contributed by atoms with E-state index in [4.69, 9.17) is 5.73 Å². The maximum Gasteiger partial charge on any atom is 0.126 e. The van der Waals surface area contributed by atoms with E-state index in [-0.39, 0.29) is 24.9 Å². The lowest BCUT2D eigenvalue weighted by Gasteiger charge is -2.16. The number of pyridine rings is 1. The highest BCUT2D eigenvalue weighted by Crippen LogP contribution is 2.28. The van der Waals surface area contributed by atoms with Crippen molar-refractivity contribution >= 4 is 28.3 Å². The zero-order valence-electron chi connectivity index (χ0n) is 9.82. The SMILES string of the molecule is Cl.NC[C@H](c1cc(F)cc(F)c1)c1ncccc1Br. The molecule has 0 saturated carbocycles. The molecule has 1 heterocycles. The van der Waals surface area contributed by atoms with Gasteiger partial charge in [0.05, 0.1) is 5.69 Å². The van der Waals surface area contributed by atoms with Crippen molar-refractivity contribution in [1.29, 1.82) is 0 Å². The molecule has 0 aliphatic carbocycles. The Labute approximate surface area is 124 Å². The van der Waals surface area contributed by atoms with Crippen molar-refractivity contribution in [3.8, 4) is 0 Å². The van der Waals surface area contributed by atoms with Gasteiger partial charge in [-0.2, -0.15) is 0 Å². The Kier molecular flexibility index (Phi) is 5.85. The molecule has 0 radical (unpaired) electrons. The Morgan fingerprint density at radius 2 is 1.84 bits per heavy atom. The number of aromatic nitrogens is 1. The third kappa shape index (κ3) is 3.72. The van der Waals surface area contributed by atoms with Crippen LogP contribution in [0.25, 0.3) is 0 Å². The summed E-state index contributed by atoms with van der Waals surface area (Å²) in [6, 6.07) is 6.99. The maximum atomic E-state index is 13.2. The second-order valence-corrected chi connectivity index (χ2v) is 4.72. The highest BCUT2D eigenvalue weighted by atomic mass is 79.9. The molecule has 0 unspecified atom stereocenters. The van der Waals surface area contributed by atoms with E-state index in [1.54, 1.807) is 12.3 Å². The maximum absolute atomic E-state index is 13.2. The van der Waals surface area contributed by atoms with Crippen LogP contribution in [0.1, 0.15) is 17.2 Å². The summed E-state index contributed by atoms with van der Waals surface area (Å²) in [4.78, 5) is 4.21. The summed E-state index contributed by atoms with van der Waals surface area (Å²) in [5, 5.41) is 0. The van der Waals surface area contributed by atoms with Gasteiger partial charge in [0.2, 0.25) is 0 Å². The van der Waals surface area contributed by atoms with E-state index in [0.717, 1.165) is 10.5 Å². The first-order valence-electron chi connectivity index (χ1n) is 5.38. The van der Waals surface area contributed by atoms with Crippen LogP contribution in [0.3, 0.4) is 0 Å². The first kappa shape index (κ1) is 16.0. The normalized spacial score (nSPS) is 11.8. The largest absolute Gasteiger partial charge is 0.329 e. The molecule has 2 N–H and O–H groups in total. The van der Waals surface area contributed by atoms with Gasteiger partial charge in [-0.3, -0.25) is 4.98 Å². The highest BCUT2D eigenvalue weighted by molar-refractivity contribution is 9.10. The highest BCUT2D eigenvalue weighted by Gasteiger charge is 2.18. The summed E-state index contributed by atoms with van der Waals surface area (Å²) in [6.07, 6.45) is 1.62. The molecular formula is C13H12BrClF2N2. The predicted octanol–water partition coefficient (Wildman–Crippen LogP) is 3.63. The van der Waals surface area contributed by atoms with Gasteiger partial charge in [-0.15, -0.1) is 12.4 Å². The second-order valence-electron chi connectivity index (χ2n) is 3.86. The Morgan fingerprint density at radius 1 is 1.21 bits per heavy atom. The molecule has 1 aromatic carbocycles. The van der Waals surface area contributed by atoms with E-state index in [1.807, 2.05) is 6.07 Å². The van der Waals surface area contributed by atoms with Crippen molar-refractivity contribution < 1.29 is 8.78 Å². The number of hydrogen-bond acceptors (Lipinski definition) is 2. The van der Waals surface area contributed by atoms with Crippen LogP contribution < -0.4 is 5.73 Å². The number of benzene rings is 1. The summed E-state index contributed by atoms with van der Waals surface area (Å²) < 4.78 is 27.2. The van der Waals surface area contributed by atoms with Gasteiger partial charge in [-0.25, -0.2) is 8.78 Å². The molecule has 102 valence electrons. The van der Waals surface area contributed by atoms with Gasteiger partial charge in [0.25, 0.3) is 0 Å². The van der Waals surface area contributed by atoms with Crippen LogP contribution >= 0.6 is 28.3 Å². The van der Waals surface area contributed by atoms with Crippen LogP contribution in [0.15, 0.2) is 41.0 Å². The lowest BCUT2D eigenvalue weighted by Crippen LogP contribution is -2.16. The van der Waals surface area contributed by atoms with E-state index >= 15 is 0 Å². The molecule has 0 fully saturated rings. The fraction of sp³-hybridized carbons (Fsp3) is 0.154. The fourth-order valence-corrected chi connectivity index (χ4v) is 2.37. The third-order valence-electron chi connectivity index (χ3n) is 2.64. The van der Waals surface area contributed by atoms with Gasteiger partial charge in [-0.05, 0) is 45.8 Å². The smallest absolute Gasteiger partial charge is 0.126 e. The molecule has 0 bridgehead atoms. The summed E-state index contributed by atoms with van der Waals surface area (Å²) in [5.41, 5.74) is 6.85. The van der Waals surface area contributed by atoms with Crippen molar-refractivity contribution in [2.24, 2.45) is 5.73 Å². The van der Waals surface area contributed by atoms with Crippen molar-refractivity contribution in [3.63, 3.8) is 0 Å². The first-order chi connectivity index (χ1) is 8.61. The Morgan fingerprint density at radius 3 is 2.37 bits per heavy atom. The van der Waals surface area contributed by atoms with Crippen molar-refractivity contribution in [3.05, 3.63) is 63.9 Å². The molecule has 0 aliphatic heterocycles. The number of halogens is 4. The van der Waals surface area contributed by atoms with Crippen LogP contribution in [-0.2, 0) is 0 Å². The number of hydrogen-bond donors (Lipinski definition) is 1. The van der Waals surface area contributed by atoms with E-state index in [1.165, 1.54) is 12.1 Å². The molecule has 0 saturated heterocycles. The lowest BCUT2D eigenvalue weighted by atomic mass is 9.95. The van der Waals surface area contributed by atoms with Gasteiger partial charge >= 0.3 is 0 Å². The van der Waals surface area contributed by atoms with Gasteiger partial charge < -0.3 is 5.73 Å². The van der Waals surface area contributed by atoms with E-state index in [9.17, 15) is 8.78 Å². The minimum Gasteiger partial charge on any atom is -0.329 e. The van der Waals surface area contributed by atoms with Crippen LogP contribution in [0.4, 0.5) is 8.78 Å². The Balaban J connectivity index is 0.00000180. The third-order valence-corrected chi connectivity index (χ3v) is 3.31. The fourth-order valence-electron chi connectivity index (χ4n) is 1.84. The standard InChI is InChI=1S/C13H11BrF2N2.ClH/c14-12-2-1-3-18-13(12)11(7-17)8-4-9(15)6-10(16)5-8;/h1-6,11H,7,17H2;1H/t11-;/m1./s1. The monoisotopic (exact) mass is 348 g/mol. The molecule has 2 aromatic rings. The Bertz CT molecular complexity index is 546. The summed E-state index contributed by atoms with van der Waals surface area (Å²) in [7, 11) is 0. The average molecular weight is 350 g/mol. The summed E-state index contributed by atoms with van der Waals surface area (Å²) in [5.74, 6) is -1.57. The van der Waals surface area contributed by atoms with Crippen LogP contribution in [-0.4, -0.2) is 11.5 Å². The van der Waals surface area contributed by atoms with E-state index in [0.29, 0.717) is 11.3 Å². The van der Waals surface area contributed by atoms with Crippen LogP contribution in [0, 0.1) is 11.6 Å². The first-order valence-corrected chi connectivity index (χ1v) is 6.17. The number of nitrogens with zero attached hydrogens (tertiary/aromatic N) is 1. The van der Waals surface area contributed by atoms with E-state index < -0.39 is 11.6 Å². The molecule has 1 aromatic heterocycles. The average Bonchev–Trinajstić information content (AvgIpc) is 2.31. The van der Waals surface area contributed by atoms with Crippen LogP contribution in [0.2, 0.25) is 0 Å². The second kappa shape index (κ2) is 6.93. The minimum atomic E-state index is -0.615. The number of nitrogens with two attached hydrogens (primary N) is 1. The quantitative estimate of drug-likeness (QED) is 0.919. The van der Waals surface area contributed by atoms with Crippen molar-refractivity contribution in [1.82, 2.24) is 4.98 Å². The van der Waals surface area contributed by atoms with Gasteiger partial charge in [0, 0.05) is 29.2 Å². The lowest BCUT2D eigenvalue weighted by molar-refractivity contribution is 0.576. The van der Waals surface area contributed by atoms with E-state index in [2.05, 4.69) is 20.9 Å². The number of rotatable bonds is 3. The zero-order valence-corrected chi connectivity index (χ0v) is 12.2. The molecule has 1 atom stereocenters. The topological polar surface area (TPSA) is 38.9 Å². The van der Waals surface area contributed by atoms with Crippen molar-refractivity contribution in [2.75, 3.05) is 6.54 Å². The predicted molar refractivity (Wildman–Crippen MR) is 76.4 cm³/mol. The molecule has 0 amide bonds. The van der Waals surface area contributed by atoms with Gasteiger partial charge in [-0.1, -0.05) is 0 Å². The summed E-state index contributed by atoms with van der Waals surface area (Å²) in [6.45, 7) is 0.221. The summed E-state index contributed by atoms with van der Waals surface area (Å²) >= 11 is 3.37. The zero-order chi connectivity index (χ0) is 13.1. The molecule has 19 heavy (non-hydrogen) atoms. The molecule has 0 aliphatic rings. The minimum absolute atomic E-state index is 0. The molecule has 2 nitrogen and oxygen atoms in total. The molecule has 0 spiro atoms. The van der Waals surface area contributed by atoms with Gasteiger partial charge in [0.1, 0.15) is 11.6 Å².